The van der Waals surface area contributed by atoms with Crippen LogP contribution in [0.5, 0.6) is 0 Å². The maximum absolute atomic E-state index is 11.5. The molecule has 1 aromatic heterocycles. The molecule has 0 bridgehead atoms. The molecule has 0 aliphatic heterocycles. The highest BCUT2D eigenvalue weighted by Crippen LogP contribution is 2.34. The van der Waals surface area contributed by atoms with Gasteiger partial charge in [-0.2, -0.15) is 0 Å². The van der Waals surface area contributed by atoms with Gasteiger partial charge in [-0.25, -0.2) is 9.78 Å². The predicted octanol–water partition coefficient (Wildman–Crippen LogP) is 3.36. The van der Waals surface area contributed by atoms with E-state index in [9.17, 15) is 4.79 Å². The Morgan fingerprint density at radius 3 is 2.68 bits per heavy atom. The fourth-order valence-electron chi connectivity index (χ4n) is 1.43. The number of hydrogen-bond donors (Lipinski definition) is 1. The fraction of sp³-hybridized carbons (Fsp3) is 0.0769. The number of halogens is 1. The lowest BCUT2D eigenvalue weighted by Gasteiger charge is -2.08. The standard InChI is InChI=1S/C13H11BrN2O2S/c1-18-13(17)11-9(15)7-10(12(14)16-11)19-8-5-3-2-4-6-8/h2-7H,15H2,1H3. The largest absolute Gasteiger partial charge is 0.464 e. The third-order valence-electron chi connectivity index (χ3n) is 2.32. The maximum Gasteiger partial charge on any atom is 0.358 e. The number of anilines is 1. The topological polar surface area (TPSA) is 65.2 Å². The Bertz CT molecular complexity index is 605. The molecule has 2 aromatic rings. The lowest BCUT2D eigenvalue weighted by Crippen LogP contribution is -2.09. The van der Waals surface area contributed by atoms with Crippen LogP contribution in [0.2, 0.25) is 0 Å². The van der Waals surface area contributed by atoms with Gasteiger partial charge in [-0.15, -0.1) is 0 Å². The molecule has 98 valence electrons. The summed E-state index contributed by atoms with van der Waals surface area (Å²) in [5, 5.41) is 0. The van der Waals surface area contributed by atoms with Crippen molar-refractivity contribution in [2.24, 2.45) is 0 Å². The molecule has 0 unspecified atom stereocenters. The number of benzene rings is 1. The molecule has 2 rings (SSSR count). The van der Waals surface area contributed by atoms with Crippen LogP contribution in [0.1, 0.15) is 10.5 Å². The lowest BCUT2D eigenvalue weighted by molar-refractivity contribution is 0.0595. The minimum atomic E-state index is -0.547. The van der Waals surface area contributed by atoms with Gasteiger partial charge in [0.05, 0.1) is 12.8 Å². The smallest absolute Gasteiger partial charge is 0.358 e. The summed E-state index contributed by atoms with van der Waals surface area (Å²) in [6.45, 7) is 0. The molecule has 0 radical (unpaired) electrons. The van der Waals surface area contributed by atoms with Crippen LogP contribution < -0.4 is 5.73 Å². The molecule has 19 heavy (non-hydrogen) atoms. The Balaban J connectivity index is 2.33. The molecule has 0 atom stereocenters. The van der Waals surface area contributed by atoms with Crippen LogP contribution in [0.15, 0.2) is 50.8 Å². The first kappa shape index (κ1) is 13.9. The van der Waals surface area contributed by atoms with Gasteiger partial charge in [0.15, 0.2) is 5.69 Å². The second-order valence-corrected chi connectivity index (χ2v) is 5.49. The molecule has 6 heteroatoms. The van der Waals surface area contributed by atoms with Gasteiger partial charge in [-0.05, 0) is 34.1 Å². The van der Waals surface area contributed by atoms with Crippen molar-refractivity contribution in [1.29, 1.82) is 0 Å². The number of ether oxygens (including phenoxy) is 1. The Morgan fingerprint density at radius 1 is 1.37 bits per heavy atom. The molecule has 2 N–H and O–H groups in total. The zero-order chi connectivity index (χ0) is 13.8. The summed E-state index contributed by atoms with van der Waals surface area (Å²) in [5.41, 5.74) is 6.24. The van der Waals surface area contributed by atoms with E-state index in [1.54, 1.807) is 6.07 Å². The number of rotatable bonds is 3. The molecule has 0 amide bonds. The minimum absolute atomic E-state index is 0.117. The van der Waals surface area contributed by atoms with Gasteiger partial charge in [0, 0.05) is 9.79 Å². The van der Waals surface area contributed by atoms with Gasteiger partial charge in [0.2, 0.25) is 0 Å². The average Bonchev–Trinajstić information content (AvgIpc) is 2.43. The van der Waals surface area contributed by atoms with Gasteiger partial charge in [0.25, 0.3) is 0 Å². The number of esters is 1. The van der Waals surface area contributed by atoms with E-state index in [1.807, 2.05) is 30.3 Å². The average molecular weight is 339 g/mol. The monoisotopic (exact) mass is 338 g/mol. The molecular weight excluding hydrogens is 328 g/mol. The predicted molar refractivity (Wildman–Crippen MR) is 78.3 cm³/mol. The molecule has 0 spiro atoms. The Labute approximate surface area is 123 Å². The summed E-state index contributed by atoms with van der Waals surface area (Å²) in [7, 11) is 1.30. The Kier molecular flexibility index (Phi) is 4.44. The number of aromatic nitrogens is 1. The van der Waals surface area contributed by atoms with Crippen LogP contribution in [-0.2, 0) is 4.74 Å². The summed E-state index contributed by atoms with van der Waals surface area (Å²) < 4.78 is 5.19. The van der Waals surface area contributed by atoms with Crippen molar-refractivity contribution in [3.05, 3.63) is 46.7 Å². The van der Waals surface area contributed by atoms with Crippen molar-refractivity contribution >= 4 is 39.3 Å². The van der Waals surface area contributed by atoms with E-state index in [1.165, 1.54) is 18.9 Å². The number of nitrogens with two attached hydrogens (primary N) is 1. The second-order valence-electron chi connectivity index (χ2n) is 3.62. The van der Waals surface area contributed by atoms with E-state index < -0.39 is 5.97 Å². The molecule has 0 saturated carbocycles. The van der Waals surface area contributed by atoms with Crippen molar-refractivity contribution in [3.63, 3.8) is 0 Å². The summed E-state index contributed by atoms with van der Waals surface area (Å²) >= 11 is 4.86. The van der Waals surface area contributed by atoms with Gasteiger partial charge in [-0.3, -0.25) is 0 Å². The van der Waals surface area contributed by atoms with Crippen molar-refractivity contribution in [2.75, 3.05) is 12.8 Å². The molecule has 0 saturated heterocycles. The van der Waals surface area contributed by atoms with E-state index >= 15 is 0 Å². The summed E-state index contributed by atoms with van der Waals surface area (Å²) in [4.78, 5) is 17.5. The van der Waals surface area contributed by atoms with Crippen LogP contribution in [-0.4, -0.2) is 18.1 Å². The second kappa shape index (κ2) is 6.08. The highest BCUT2D eigenvalue weighted by Gasteiger charge is 2.15. The number of nitrogen functional groups attached to an aromatic ring is 1. The van der Waals surface area contributed by atoms with Crippen molar-refractivity contribution in [2.45, 2.75) is 9.79 Å². The first-order valence-electron chi connectivity index (χ1n) is 5.39. The van der Waals surface area contributed by atoms with Gasteiger partial charge in [0.1, 0.15) is 4.60 Å². The summed E-state index contributed by atoms with van der Waals surface area (Å²) in [5.74, 6) is -0.547. The van der Waals surface area contributed by atoms with Crippen LogP contribution in [0, 0.1) is 0 Å². The molecule has 0 fully saturated rings. The number of hydrogen-bond acceptors (Lipinski definition) is 5. The van der Waals surface area contributed by atoms with Gasteiger partial charge >= 0.3 is 5.97 Å². The number of carbonyl (C=O) groups is 1. The normalized spacial score (nSPS) is 10.2. The van der Waals surface area contributed by atoms with E-state index in [-0.39, 0.29) is 5.69 Å². The molecule has 0 aliphatic rings. The van der Waals surface area contributed by atoms with Crippen molar-refractivity contribution < 1.29 is 9.53 Å². The van der Waals surface area contributed by atoms with E-state index in [2.05, 4.69) is 25.7 Å². The third kappa shape index (κ3) is 3.27. The number of methoxy groups -OCH3 is 1. The van der Waals surface area contributed by atoms with Crippen LogP contribution >= 0.6 is 27.7 Å². The molecule has 1 aromatic carbocycles. The van der Waals surface area contributed by atoms with Gasteiger partial charge in [-0.1, -0.05) is 30.0 Å². The zero-order valence-electron chi connectivity index (χ0n) is 10.1. The molecule has 1 heterocycles. The molecule has 0 aliphatic carbocycles. The number of carbonyl (C=O) groups excluding carboxylic acids is 1. The quantitative estimate of drug-likeness (QED) is 0.686. The number of pyridine rings is 1. The van der Waals surface area contributed by atoms with E-state index in [0.29, 0.717) is 10.3 Å². The zero-order valence-corrected chi connectivity index (χ0v) is 12.5. The van der Waals surface area contributed by atoms with Crippen LogP contribution in [0.3, 0.4) is 0 Å². The van der Waals surface area contributed by atoms with Crippen molar-refractivity contribution in [3.8, 4) is 0 Å². The van der Waals surface area contributed by atoms with Crippen LogP contribution in [0.25, 0.3) is 0 Å². The Morgan fingerprint density at radius 2 is 2.05 bits per heavy atom. The number of nitrogens with zero attached hydrogens (tertiary/aromatic N) is 1. The fourth-order valence-corrected chi connectivity index (χ4v) is 2.83. The first-order valence-corrected chi connectivity index (χ1v) is 7.00. The molecule has 4 nitrogen and oxygen atoms in total. The first-order chi connectivity index (χ1) is 9.11. The highest BCUT2D eigenvalue weighted by atomic mass is 79.9. The van der Waals surface area contributed by atoms with E-state index in [0.717, 1.165) is 9.79 Å². The summed E-state index contributed by atoms with van der Waals surface area (Å²) in [6.07, 6.45) is 0. The molecular formula is C13H11BrN2O2S. The minimum Gasteiger partial charge on any atom is -0.464 e. The van der Waals surface area contributed by atoms with Gasteiger partial charge < -0.3 is 10.5 Å². The third-order valence-corrected chi connectivity index (χ3v) is 4.23. The maximum atomic E-state index is 11.5. The SMILES string of the molecule is COC(=O)c1nc(Br)c(Sc2ccccc2)cc1N. The highest BCUT2D eigenvalue weighted by molar-refractivity contribution is 9.10. The van der Waals surface area contributed by atoms with E-state index in [4.69, 9.17) is 5.73 Å². The van der Waals surface area contributed by atoms with Crippen LogP contribution in [0.4, 0.5) is 5.69 Å². The Hall–Kier alpha value is -1.53. The summed E-state index contributed by atoms with van der Waals surface area (Å²) in [6, 6.07) is 11.5. The van der Waals surface area contributed by atoms with Crippen molar-refractivity contribution in [1.82, 2.24) is 4.98 Å². The lowest BCUT2D eigenvalue weighted by atomic mass is 10.3.